The van der Waals surface area contributed by atoms with Crippen molar-refractivity contribution in [3.05, 3.63) is 77.7 Å². The zero-order valence-electron chi connectivity index (χ0n) is 23.3. The highest BCUT2D eigenvalue weighted by Crippen LogP contribution is 2.70. The molecule has 2 aliphatic carbocycles. The van der Waals surface area contributed by atoms with Crippen LogP contribution in [0.5, 0.6) is 5.75 Å². The van der Waals surface area contributed by atoms with Gasteiger partial charge in [0, 0.05) is 23.8 Å². The molecule has 2 aromatic carbocycles. The number of ether oxygens (including phenoxy) is 1. The molecule has 40 heavy (non-hydrogen) atoms. The molecule has 2 unspecified atom stereocenters. The number of sulfonamides is 1. The van der Waals surface area contributed by atoms with Crippen LogP contribution in [0.1, 0.15) is 56.5 Å². The molecule has 1 spiro atoms. The van der Waals surface area contributed by atoms with Crippen molar-refractivity contribution in [3.8, 4) is 17.2 Å². The Morgan fingerprint density at radius 1 is 1.18 bits per heavy atom. The Morgan fingerprint density at radius 3 is 2.75 bits per heavy atom. The molecule has 3 aliphatic rings. The molecule has 3 fully saturated rings. The molecule has 1 aromatic heterocycles. The molecule has 0 N–H and O–H groups in total. The third-order valence-corrected chi connectivity index (χ3v) is 11.6. The van der Waals surface area contributed by atoms with E-state index in [1.54, 1.807) is 6.08 Å². The van der Waals surface area contributed by atoms with Gasteiger partial charge in [-0.15, -0.1) is 0 Å². The molecular formula is C32H36N2O5S. The van der Waals surface area contributed by atoms with Crippen LogP contribution < -0.4 is 4.74 Å². The minimum atomic E-state index is -3.59. The number of benzene rings is 2. The predicted molar refractivity (Wildman–Crippen MR) is 154 cm³/mol. The Morgan fingerprint density at radius 2 is 1.98 bits per heavy atom. The van der Waals surface area contributed by atoms with Crippen LogP contribution in [-0.4, -0.2) is 42.0 Å². The average Bonchev–Trinajstić information content (AvgIpc) is 3.55. The number of fused-ring (bicyclic) bond motifs is 1. The van der Waals surface area contributed by atoms with Gasteiger partial charge in [-0.05, 0) is 67.3 Å². The summed E-state index contributed by atoms with van der Waals surface area (Å²) in [5.74, 6) is 2.36. The number of amides is 1. The molecule has 1 saturated heterocycles. The van der Waals surface area contributed by atoms with E-state index in [1.807, 2.05) is 67.6 Å². The Kier molecular flexibility index (Phi) is 6.64. The van der Waals surface area contributed by atoms with Crippen molar-refractivity contribution in [3.63, 3.8) is 0 Å². The van der Waals surface area contributed by atoms with Gasteiger partial charge in [-0.2, -0.15) is 0 Å². The summed E-state index contributed by atoms with van der Waals surface area (Å²) in [6.45, 7) is 6.74. The highest BCUT2D eigenvalue weighted by Gasteiger charge is 2.72. The first kappa shape index (κ1) is 26.8. The van der Waals surface area contributed by atoms with E-state index in [1.165, 1.54) is 4.31 Å². The third kappa shape index (κ3) is 4.46. The molecule has 2 heterocycles. The minimum absolute atomic E-state index is 0.0490. The van der Waals surface area contributed by atoms with E-state index >= 15 is 0 Å². The standard InChI is InChI=1S/C32H36N2O5S/c1-22-27(33-30(39-22)24-11-5-4-6-12-24)16-18-38-26-13-7-9-23(19-26)10-8-14-29(35)34-28-20-25-15-17-32(28,31(25,2)3)21-40(34,36)37/h4-13,19,25,28H,14-18,20-21H2,1-3H3/t25?,28?,32-/m1/s1. The van der Waals surface area contributed by atoms with Crippen LogP contribution in [0.2, 0.25) is 0 Å². The summed E-state index contributed by atoms with van der Waals surface area (Å²) in [7, 11) is -3.59. The van der Waals surface area contributed by atoms with Crippen molar-refractivity contribution in [2.45, 2.75) is 58.9 Å². The monoisotopic (exact) mass is 560 g/mol. The molecule has 8 heteroatoms. The van der Waals surface area contributed by atoms with Crippen molar-refractivity contribution in [1.82, 2.24) is 9.29 Å². The maximum absolute atomic E-state index is 13.2. The van der Waals surface area contributed by atoms with E-state index in [0.717, 1.165) is 41.8 Å². The second-order valence-corrected chi connectivity index (χ2v) is 13.8. The molecule has 1 aliphatic heterocycles. The Hall–Kier alpha value is -3.39. The molecule has 210 valence electrons. The molecule has 1 amide bonds. The summed E-state index contributed by atoms with van der Waals surface area (Å²) < 4.78 is 39.3. The minimum Gasteiger partial charge on any atom is -0.493 e. The van der Waals surface area contributed by atoms with E-state index in [-0.39, 0.29) is 35.0 Å². The quantitative estimate of drug-likeness (QED) is 0.334. The zero-order chi connectivity index (χ0) is 28.1. The second kappa shape index (κ2) is 9.91. The molecule has 3 atom stereocenters. The second-order valence-electron chi connectivity index (χ2n) is 12.0. The van der Waals surface area contributed by atoms with E-state index in [2.05, 4.69) is 18.8 Å². The van der Waals surface area contributed by atoms with E-state index < -0.39 is 10.0 Å². The van der Waals surface area contributed by atoms with Crippen molar-refractivity contribution >= 4 is 22.0 Å². The number of oxazole rings is 1. The summed E-state index contributed by atoms with van der Waals surface area (Å²) in [6, 6.07) is 17.2. The number of aromatic nitrogens is 1. The van der Waals surface area contributed by atoms with Gasteiger partial charge in [-0.3, -0.25) is 4.79 Å². The van der Waals surface area contributed by atoms with Gasteiger partial charge >= 0.3 is 0 Å². The van der Waals surface area contributed by atoms with Gasteiger partial charge in [0.1, 0.15) is 11.5 Å². The highest BCUT2D eigenvalue weighted by molar-refractivity contribution is 7.90. The smallest absolute Gasteiger partial charge is 0.240 e. The van der Waals surface area contributed by atoms with Gasteiger partial charge in [-0.25, -0.2) is 17.7 Å². The fourth-order valence-corrected chi connectivity index (χ4v) is 9.90. The van der Waals surface area contributed by atoms with Crippen LogP contribution in [0.15, 0.2) is 65.1 Å². The number of carbonyl (C=O) groups excluding carboxylic acids is 1. The first-order valence-corrected chi connectivity index (χ1v) is 15.7. The molecular weight excluding hydrogens is 524 g/mol. The van der Waals surface area contributed by atoms with Gasteiger partial charge in [-0.1, -0.05) is 56.3 Å². The number of hydrogen-bond acceptors (Lipinski definition) is 6. The average molecular weight is 561 g/mol. The van der Waals surface area contributed by atoms with Gasteiger partial charge in [0.05, 0.1) is 24.1 Å². The molecule has 2 bridgehead atoms. The lowest BCUT2D eigenvalue weighted by Crippen LogP contribution is -2.44. The van der Waals surface area contributed by atoms with Crippen LogP contribution >= 0.6 is 0 Å². The van der Waals surface area contributed by atoms with Crippen molar-refractivity contribution in [2.75, 3.05) is 12.4 Å². The summed E-state index contributed by atoms with van der Waals surface area (Å²) >= 11 is 0. The summed E-state index contributed by atoms with van der Waals surface area (Å²) in [4.78, 5) is 17.8. The van der Waals surface area contributed by atoms with Crippen LogP contribution in [0.4, 0.5) is 0 Å². The fourth-order valence-electron chi connectivity index (χ4n) is 7.34. The highest BCUT2D eigenvalue weighted by atomic mass is 32.2. The van der Waals surface area contributed by atoms with E-state index in [4.69, 9.17) is 9.15 Å². The number of rotatable bonds is 8. The van der Waals surface area contributed by atoms with Crippen LogP contribution in [-0.2, 0) is 21.2 Å². The van der Waals surface area contributed by atoms with Gasteiger partial charge in [0.15, 0.2) is 0 Å². The number of hydrogen-bond donors (Lipinski definition) is 0. The Balaban J connectivity index is 1.06. The number of nitrogens with zero attached hydrogens (tertiary/aromatic N) is 2. The van der Waals surface area contributed by atoms with Gasteiger partial charge in [0.25, 0.3) is 0 Å². The first-order valence-electron chi connectivity index (χ1n) is 14.1. The van der Waals surface area contributed by atoms with Crippen LogP contribution in [0.25, 0.3) is 17.5 Å². The fraction of sp³-hybridized carbons (Fsp3) is 0.438. The summed E-state index contributed by atoms with van der Waals surface area (Å²) in [5.41, 5.74) is 2.35. The van der Waals surface area contributed by atoms with Gasteiger partial charge in [0.2, 0.25) is 21.8 Å². The number of carbonyl (C=O) groups is 1. The normalized spacial score (nSPS) is 25.9. The summed E-state index contributed by atoms with van der Waals surface area (Å²) in [6.07, 6.45) is 7.02. The van der Waals surface area contributed by atoms with Crippen molar-refractivity contribution < 1.29 is 22.4 Å². The van der Waals surface area contributed by atoms with Crippen LogP contribution in [0.3, 0.4) is 0 Å². The van der Waals surface area contributed by atoms with E-state index in [9.17, 15) is 13.2 Å². The molecule has 0 radical (unpaired) electrons. The largest absolute Gasteiger partial charge is 0.493 e. The van der Waals surface area contributed by atoms with Crippen molar-refractivity contribution in [2.24, 2.45) is 16.7 Å². The Bertz CT molecular complexity index is 1560. The topological polar surface area (TPSA) is 89.7 Å². The van der Waals surface area contributed by atoms with Crippen LogP contribution in [0, 0.1) is 23.7 Å². The maximum Gasteiger partial charge on any atom is 0.240 e. The zero-order valence-corrected chi connectivity index (χ0v) is 24.1. The van der Waals surface area contributed by atoms with Crippen molar-refractivity contribution in [1.29, 1.82) is 0 Å². The van der Waals surface area contributed by atoms with Gasteiger partial charge < -0.3 is 9.15 Å². The summed E-state index contributed by atoms with van der Waals surface area (Å²) in [5, 5.41) is 0. The molecule has 6 rings (SSSR count). The number of aryl methyl sites for hydroxylation is 1. The first-order chi connectivity index (χ1) is 19.1. The Labute approximate surface area is 236 Å². The SMILES string of the molecule is Cc1oc(-c2ccccc2)nc1CCOc1cccc(C=CCC(=O)N2C3CC4CC[C@]3(CS2(=O)=O)C4(C)C)c1. The predicted octanol–water partition coefficient (Wildman–Crippen LogP) is 6.04. The third-order valence-electron chi connectivity index (χ3n) is 9.64. The van der Waals surface area contributed by atoms with E-state index in [0.29, 0.717) is 30.6 Å². The lowest BCUT2D eigenvalue weighted by atomic mass is 9.69. The lowest BCUT2D eigenvalue weighted by molar-refractivity contribution is -0.128. The maximum atomic E-state index is 13.2. The molecule has 3 aromatic rings. The lowest BCUT2D eigenvalue weighted by Gasteiger charge is -2.37. The molecule has 2 saturated carbocycles. The molecule has 7 nitrogen and oxygen atoms in total.